The van der Waals surface area contributed by atoms with Gasteiger partial charge in [0.2, 0.25) is 5.95 Å². The van der Waals surface area contributed by atoms with E-state index in [0.717, 1.165) is 57.6 Å². The van der Waals surface area contributed by atoms with E-state index in [1.807, 2.05) is 66.1 Å². The summed E-state index contributed by atoms with van der Waals surface area (Å²) in [6.45, 7) is 12.9. The van der Waals surface area contributed by atoms with Gasteiger partial charge in [-0.15, -0.1) is 0 Å². The number of nitrogens with zero attached hydrogens (tertiary/aromatic N) is 5. The van der Waals surface area contributed by atoms with Gasteiger partial charge in [0.1, 0.15) is 0 Å². The lowest BCUT2D eigenvalue weighted by Gasteiger charge is -2.35. The minimum Gasteiger partial charge on any atom is -0.479 e. The highest BCUT2D eigenvalue weighted by Crippen LogP contribution is 2.49. The average Bonchev–Trinajstić information content (AvgIpc) is 3.28. The fourth-order valence-corrected chi connectivity index (χ4v) is 5.86. The summed E-state index contributed by atoms with van der Waals surface area (Å²) in [7, 11) is 4.02. The molecule has 0 fully saturated rings. The molecule has 0 spiro atoms. The monoisotopic (exact) mass is 605 g/mol. The van der Waals surface area contributed by atoms with Gasteiger partial charge in [-0.1, -0.05) is 23.7 Å². The van der Waals surface area contributed by atoms with Crippen LogP contribution in [0.4, 0.5) is 11.6 Å². The van der Waals surface area contributed by atoms with Crippen molar-refractivity contribution in [2.75, 3.05) is 38.7 Å². The first kappa shape index (κ1) is 30.9. The molecule has 10 heteroatoms. The summed E-state index contributed by atoms with van der Waals surface area (Å²) in [5.74, 6) is -0.492. The number of aliphatic carboxylic acids is 1. The molecule has 1 N–H and O–H groups in total. The normalized spacial score (nSPS) is 14.1. The second-order valence-electron chi connectivity index (χ2n) is 12.3. The van der Waals surface area contributed by atoms with E-state index < -0.39 is 17.7 Å². The molecule has 43 heavy (non-hydrogen) atoms. The number of likely N-dealkylation sites (N-methyl/N-ethyl adjacent to an activating group) is 1. The molecule has 0 amide bonds. The van der Waals surface area contributed by atoms with Crippen LogP contribution in [-0.4, -0.2) is 69.9 Å². The molecular formula is C33H40ClN5O4. The number of hydrogen-bond donors (Lipinski definition) is 1. The number of anilines is 2. The molecular weight excluding hydrogens is 566 g/mol. The number of carboxylic acid groups (broad SMARTS) is 1. The molecule has 2 aromatic carbocycles. The number of benzene rings is 2. The van der Waals surface area contributed by atoms with Crippen LogP contribution in [0.25, 0.3) is 22.0 Å². The van der Waals surface area contributed by atoms with Crippen molar-refractivity contribution in [2.45, 2.75) is 59.5 Å². The van der Waals surface area contributed by atoms with Crippen molar-refractivity contribution in [3.05, 3.63) is 70.1 Å². The van der Waals surface area contributed by atoms with E-state index in [0.29, 0.717) is 36.3 Å². The van der Waals surface area contributed by atoms with Crippen molar-refractivity contribution in [2.24, 2.45) is 0 Å². The Morgan fingerprint density at radius 2 is 1.79 bits per heavy atom. The van der Waals surface area contributed by atoms with Crippen LogP contribution >= 0.6 is 11.6 Å². The maximum atomic E-state index is 12.9. The van der Waals surface area contributed by atoms with E-state index in [2.05, 4.69) is 27.4 Å². The summed E-state index contributed by atoms with van der Waals surface area (Å²) in [6.07, 6.45) is 2.39. The number of aromatic nitrogens is 3. The zero-order chi connectivity index (χ0) is 31.1. The second-order valence-corrected chi connectivity index (χ2v) is 12.8. The van der Waals surface area contributed by atoms with Crippen LogP contribution in [-0.2, 0) is 27.4 Å². The van der Waals surface area contributed by atoms with E-state index in [4.69, 9.17) is 31.0 Å². The Balaban J connectivity index is 1.69. The van der Waals surface area contributed by atoms with Gasteiger partial charge >= 0.3 is 5.97 Å². The highest BCUT2D eigenvalue weighted by Gasteiger charge is 2.36. The highest BCUT2D eigenvalue weighted by atomic mass is 35.5. The predicted molar refractivity (Wildman–Crippen MR) is 170 cm³/mol. The van der Waals surface area contributed by atoms with Gasteiger partial charge in [-0.3, -0.25) is 0 Å². The van der Waals surface area contributed by atoms with Gasteiger partial charge in [0.15, 0.2) is 6.10 Å². The fourth-order valence-electron chi connectivity index (χ4n) is 5.73. The van der Waals surface area contributed by atoms with Crippen LogP contribution < -0.4 is 4.90 Å². The van der Waals surface area contributed by atoms with Gasteiger partial charge in [0.05, 0.1) is 30.0 Å². The van der Waals surface area contributed by atoms with Crippen LogP contribution in [0.3, 0.4) is 0 Å². The Hall–Kier alpha value is -3.50. The summed E-state index contributed by atoms with van der Waals surface area (Å²) < 4.78 is 14.4. The number of carboxylic acids is 1. The molecule has 4 aromatic rings. The Bertz CT molecular complexity index is 1630. The van der Waals surface area contributed by atoms with Crippen molar-refractivity contribution in [3.8, 4) is 11.1 Å². The summed E-state index contributed by atoms with van der Waals surface area (Å²) in [5.41, 5.74) is 6.33. The van der Waals surface area contributed by atoms with Gasteiger partial charge in [0, 0.05) is 59.3 Å². The zero-order valence-electron chi connectivity index (χ0n) is 25.9. The summed E-state index contributed by atoms with van der Waals surface area (Å²) >= 11 is 6.27. The maximum Gasteiger partial charge on any atom is 0.337 e. The van der Waals surface area contributed by atoms with Crippen LogP contribution in [0.15, 0.2) is 42.7 Å². The maximum absolute atomic E-state index is 12.9. The lowest BCUT2D eigenvalue weighted by atomic mass is 9.87. The van der Waals surface area contributed by atoms with E-state index in [1.165, 1.54) is 0 Å². The van der Waals surface area contributed by atoms with Crippen LogP contribution in [0.1, 0.15) is 49.3 Å². The van der Waals surface area contributed by atoms with Gasteiger partial charge in [-0.25, -0.2) is 14.8 Å². The van der Waals surface area contributed by atoms with Crippen molar-refractivity contribution >= 4 is 40.1 Å². The lowest BCUT2D eigenvalue weighted by Crippen LogP contribution is -2.32. The molecule has 1 aliphatic heterocycles. The first-order valence-corrected chi connectivity index (χ1v) is 14.9. The zero-order valence-corrected chi connectivity index (χ0v) is 26.7. The molecule has 0 aliphatic carbocycles. The van der Waals surface area contributed by atoms with Crippen molar-refractivity contribution < 1.29 is 19.4 Å². The number of rotatable bonds is 10. The van der Waals surface area contributed by atoms with E-state index in [9.17, 15) is 9.90 Å². The van der Waals surface area contributed by atoms with E-state index in [-0.39, 0.29) is 0 Å². The van der Waals surface area contributed by atoms with Crippen LogP contribution in [0.2, 0.25) is 5.02 Å². The van der Waals surface area contributed by atoms with Crippen molar-refractivity contribution in [1.82, 2.24) is 19.4 Å². The Kier molecular flexibility index (Phi) is 8.81. The molecule has 5 rings (SSSR count). The summed E-state index contributed by atoms with van der Waals surface area (Å²) in [5, 5.41) is 12.1. The molecule has 0 unspecified atom stereocenters. The molecule has 0 saturated carbocycles. The average molecular weight is 606 g/mol. The molecule has 228 valence electrons. The largest absolute Gasteiger partial charge is 0.479 e. The number of halogens is 1. The minimum absolute atomic E-state index is 0.434. The van der Waals surface area contributed by atoms with Gasteiger partial charge in [0.25, 0.3) is 0 Å². The molecule has 2 aromatic heterocycles. The number of hydrogen-bond acceptors (Lipinski definition) is 7. The first-order chi connectivity index (χ1) is 20.4. The second kappa shape index (κ2) is 12.2. The molecule has 1 atom stereocenters. The molecule has 0 bridgehead atoms. The summed E-state index contributed by atoms with van der Waals surface area (Å²) in [6, 6.07) is 9.68. The standard InChI is InChI=1S/C33H40ClN5O4/c1-20-16-25-27(23-8-10-24(34)11-9-23)26(30(31(40)41)43-33(3,4)5)21(2)28-29(25)38(20)12-13-39(28)32-35-17-22(18-36-32)19-42-15-14-37(6)7/h8-11,16-18,30H,12-15,19H2,1-7H3,(H,40,41)/t30-/m0/s1. The SMILES string of the molecule is Cc1c([C@H](OC(C)(C)C)C(=O)O)c(-c2ccc(Cl)cc2)c2cc(C)n3c2c1N(c1ncc(COCCN(C)C)cn1)CC3. The molecule has 1 aliphatic rings. The molecule has 3 heterocycles. The third-order valence-electron chi connectivity index (χ3n) is 7.62. The van der Waals surface area contributed by atoms with Crippen molar-refractivity contribution in [1.29, 1.82) is 0 Å². The third-order valence-corrected chi connectivity index (χ3v) is 7.87. The molecule has 0 saturated heterocycles. The minimum atomic E-state index is -1.21. The first-order valence-electron chi connectivity index (χ1n) is 14.5. The highest BCUT2D eigenvalue weighted by molar-refractivity contribution is 6.30. The smallest absolute Gasteiger partial charge is 0.337 e. The Morgan fingerprint density at radius 3 is 2.40 bits per heavy atom. The topological polar surface area (TPSA) is 93.0 Å². The number of carbonyl (C=O) groups is 1. The molecule has 0 radical (unpaired) electrons. The Labute approximate surface area is 258 Å². The predicted octanol–water partition coefficient (Wildman–Crippen LogP) is 6.54. The van der Waals surface area contributed by atoms with E-state index >= 15 is 0 Å². The summed E-state index contributed by atoms with van der Waals surface area (Å²) in [4.78, 5) is 26.6. The molecule has 9 nitrogen and oxygen atoms in total. The van der Waals surface area contributed by atoms with Gasteiger partial charge in [-0.2, -0.15) is 0 Å². The van der Waals surface area contributed by atoms with Crippen LogP contribution in [0, 0.1) is 13.8 Å². The lowest BCUT2D eigenvalue weighted by molar-refractivity contribution is -0.160. The number of aryl methyl sites for hydroxylation is 1. The van der Waals surface area contributed by atoms with Gasteiger partial charge < -0.3 is 28.9 Å². The van der Waals surface area contributed by atoms with Crippen molar-refractivity contribution in [3.63, 3.8) is 0 Å². The Morgan fingerprint density at radius 1 is 1.12 bits per heavy atom. The third kappa shape index (κ3) is 6.40. The fraction of sp³-hybridized carbons (Fsp3) is 0.424. The number of ether oxygens (including phenoxy) is 2. The van der Waals surface area contributed by atoms with Gasteiger partial charge in [-0.05, 0) is 83.6 Å². The van der Waals surface area contributed by atoms with Crippen LogP contribution in [0.5, 0.6) is 0 Å². The van der Waals surface area contributed by atoms with E-state index in [1.54, 1.807) is 12.4 Å². The quantitative estimate of drug-likeness (QED) is 0.204.